The Bertz CT molecular complexity index is 1060. The van der Waals surface area contributed by atoms with E-state index in [4.69, 9.17) is 18.9 Å². The van der Waals surface area contributed by atoms with Crippen LogP contribution in [0.4, 0.5) is 0 Å². The van der Waals surface area contributed by atoms with Crippen molar-refractivity contribution in [2.24, 2.45) is 0 Å². The fraction of sp³-hybridized carbons (Fsp3) is 0.979. The molecule has 12 atom stereocenters. The molecule has 0 aromatic carbocycles. The van der Waals surface area contributed by atoms with Gasteiger partial charge < -0.3 is 65.1 Å². The maximum atomic E-state index is 13.0. The van der Waals surface area contributed by atoms with Gasteiger partial charge in [-0.05, 0) is 12.8 Å². The number of carbonyl (C=O) groups is 1. The average Bonchev–Trinajstić information content (AvgIpc) is 3.27. The molecule has 14 heteroatoms. The van der Waals surface area contributed by atoms with E-state index in [-0.39, 0.29) is 12.5 Å². The Balaban J connectivity index is 1.63. The molecule has 0 bridgehead atoms. The van der Waals surface area contributed by atoms with Crippen LogP contribution in [-0.4, -0.2) is 140 Å². The first-order chi connectivity index (χ1) is 30.1. The first kappa shape index (κ1) is 57.1. The van der Waals surface area contributed by atoms with E-state index in [1.165, 1.54) is 128 Å². The molecule has 0 radical (unpaired) electrons. The molecule has 0 aliphatic carbocycles. The lowest BCUT2D eigenvalue weighted by Crippen LogP contribution is -2.65. The summed E-state index contributed by atoms with van der Waals surface area (Å²) in [5, 5.41) is 86.1. The fourth-order valence-electron chi connectivity index (χ4n) is 8.65. The average molecular weight is 892 g/mol. The number of nitrogens with one attached hydrogen (secondary N) is 1. The van der Waals surface area contributed by atoms with Crippen LogP contribution in [0.1, 0.15) is 206 Å². The van der Waals surface area contributed by atoms with Crippen LogP contribution in [0.2, 0.25) is 0 Å². The van der Waals surface area contributed by atoms with Crippen molar-refractivity contribution >= 4 is 5.91 Å². The van der Waals surface area contributed by atoms with Crippen molar-refractivity contribution in [2.45, 2.75) is 280 Å². The molecule has 2 rings (SSSR count). The van der Waals surface area contributed by atoms with Crippen molar-refractivity contribution in [2.75, 3.05) is 19.8 Å². The normalized spacial score (nSPS) is 27.6. The Labute approximate surface area is 374 Å². The molecule has 2 heterocycles. The number of hydrogen-bond acceptors (Lipinski definition) is 13. The van der Waals surface area contributed by atoms with Gasteiger partial charge in [-0.1, -0.05) is 187 Å². The third-order valence-electron chi connectivity index (χ3n) is 12.8. The minimum atomic E-state index is -1.78. The molecular formula is C48H93NO13. The molecular weight excluding hydrogens is 799 g/mol. The summed E-state index contributed by atoms with van der Waals surface area (Å²) in [6.07, 6.45) is 19.2. The van der Waals surface area contributed by atoms with Gasteiger partial charge >= 0.3 is 0 Å². The molecule has 62 heavy (non-hydrogen) atoms. The third kappa shape index (κ3) is 23.4. The van der Waals surface area contributed by atoms with E-state index in [1.807, 2.05) is 0 Å². The van der Waals surface area contributed by atoms with Crippen molar-refractivity contribution in [3.8, 4) is 0 Å². The van der Waals surface area contributed by atoms with Gasteiger partial charge in [0.15, 0.2) is 12.6 Å². The van der Waals surface area contributed by atoms with Gasteiger partial charge in [0.2, 0.25) is 5.91 Å². The molecule has 2 saturated heterocycles. The van der Waals surface area contributed by atoms with Crippen molar-refractivity contribution < 1.29 is 64.6 Å². The summed E-state index contributed by atoms with van der Waals surface area (Å²) in [7, 11) is 0. The second-order valence-electron chi connectivity index (χ2n) is 18.3. The second-order valence-corrected chi connectivity index (χ2v) is 18.3. The summed E-state index contributed by atoms with van der Waals surface area (Å²) in [5.74, 6) is -0.212. The molecule has 0 saturated carbocycles. The number of carbonyl (C=O) groups excluding carboxylic acids is 1. The maximum absolute atomic E-state index is 13.0. The molecule has 1 amide bonds. The minimum Gasteiger partial charge on any atom is -0.394 e. The largest absolute Gasteiger partial charge is 0.394 e. The molecule has 2 aliphatic heterocycles. The molecule has 9 N–H and O–H groups in total. The highest BCUT2D eigenvalue weighted by molar-refractivity contribution is 5.76. The summed E-state index contributed by atoms with van der Waals surface area (Å²) in [4.78, 5) is 13.0. The Hall–Kier alpha value is -1.01. The van der Waals surface area contributed by atoms with Crippen LogP contribution in [0, 0.1) is 0 Å². The highest BCUT2D eigenvalue weighted by Gasteiger charge is 2.51. The number of aliphatic hydroxyl groups is 8. The Kier molecular flexibility index (Phi) is 33.3. The van der Waals surface area contributed by atoms with E-state index in [0.29, 0.717) is 12.8 Å². The van der Waals surface area contributed by atoms with Gasteiger partial charge in [-0.25, -0.2) is 0 Å². The Morgan fingerprint density at radius 1 is 0.516 bits per heavy atom. The van der Waals surface area contributed by atoms with Crippen LogP contribution in [-0.2, 0) is 23.7 Å². The van der Waals surface area contributed by atoms with Crippen LogP contribution in [0.15, 0.2) is 0 Å². The van der Waals surface area contributed by atoms with E-state index < -0.39 is 86.8 Å². The van der Waals surface area contributed by atoms with E-state index in [1.54, 1.807) is 0 Å². The fourth-order valence-corrected chi connectivity index (χ4v) is 8.65. The zero-order chi connectivity index (χ0) is 45.4. The zero-order valence-corrected chi connectivity index (χ0v) is 38.9. The van der Waals surface area contributed by atoms with Gasteiger partial charge in [0, 0.05) is 6.42 Å². The topological polar surface area (TPSA) is 228 Å². The molecule has 12 unspecified atom stereocenters. The van der Waals surface area contributed by atoms with Crippen LogP contribution in [0.25, 0.3) is 0 Å². The first-order valence-corrected chi connectivity index (χ1v) is 25.3. The maximum Gasteiger partial charge on any atom is 0.220 e. The minimum absolute atomic E-state index is 0.212. The molecule has 2 aliphatic rings. The van der Waals surface area contributed by atoms with Crippen molar-refractivity contribution in [3.05, 3.63) is 0 Å². The summed E-state index contributed by atoms with van der Waals surface area (Å²) >= 11 is 0. The lowest BCUT2D eigenvalue weighted by atomic mass is 9.97. The lowest BCUT2D eigenvalue weighted by molar-refractivity contribution is -0.359. The van der Waals surface area contributed by atoms with Gasteiger partial charge in [0.25, 0.3) is 0 Å². The first-order valence-electron chi connectivity index (χ1n) is 25.3. The molecule has 368 valence electrons. The number of aliphatic hydroxyl groups excluding tert-OH is 8. The number of ether oxygens (including phenoxy) is 4. The van der Waals surface area contributed by atoms with Gasteiger partial charge in [0.1, 0.15) is 48.8 Å². The van der Waals surface area contributed by atoms with Gasteiger partial charge in [0.05, 0.1) is 32.0 Å². The van der Waals surface area contributed by atoms with Crippen LogP contribution < -0.4 is 5.32 Å². The highest BCUT2D eigenvalue weighted by Crippen LogP contribution is 2.30. The van der Waals surface area contributed by atoms with E-state index in [2.05, 4.69) is 19.2 Å². The smallest absolute Gasteiger partial charge is 0.220 e. The SMILES string of the molecule is CCCCCCCCCCCCCCCCCCCCCCCCCCC(=O)NC(COC1OC(CO)C(OC2OC(CO)C(O)C(O)C2O)C(O)C1O)C(O)CCCCCC. The number of hydrogen-bond donors (Lipinski definition) is 9. The predicted octanol–water partition coefficient (Wildman–Crippen LogP) is 6.22. The molecule has 14 nitrogen and oxygen atoms in total. The van der Waals surface area contributed by atoms with Crippen LogP contribution in [0.3, 0.4) is 0 Å². The van der Waals surface area contributed by atoms with Crippen LogP contribution >= 0.6 is 0 Å². The summed E-state index contributed by atoms with van der Waals surface area (Å²) in [6.45, 7) is 2.73. The number of unbranched alkanes of at least 4 members (excludes halogenated alkanes) is 26. The highest BCUT2D eigenvalue weighted by atomic mass is 16.7. The lowest BCUT2D eigenvalue weighted by Gasteiger charge is -2.46. The van der Waals surface area contributed by atoms with Gasteiger partial charge in [-0.2, -0.15) is 0 Å². The number of rotatable bonds is 39. The standard InChI is InChI=1S/C48H93NO13/c1-3-5-7-9-10-11-12-13-14-15-16-17-18-19-20-21-22-23-24-25-26-27-28-30-32-40(53)49-36(37(52)31-29-8-6-4-2)35-59-47-45(58)43(56)46(39(34-51)61-47)62-48-44(57)42(55)41(54)38(33-50)60-48/h36-39,41-48,50-52,54-58H,3-35H2,1-2H3,(H,49,53). The third-order valence-corrected chi connectivity index (χ3v) is 12.8. The predicted molar refractivity (Wildman–Crippen MR) is 240 cm³/mol. The van der Waals surface area contributed by atoms with Crippen molar-refractivity contribution in [3.63, 3.8) is 0 Å². The summed E-state index contributed by atoms with van der Waals surface area (Å²) in [6, 6.07) is -0.817. The second kappa shape index (κ2) is 36.2. The van der Waals surface area contributed by atoms with Crippen molar-refractivity contribution in [1.82, 2.24) is 5.32 Å². The molecule has 0 spiro atoms. The molecule has 0 aromatic heterocycles. The van der Waals surface area contributed by atoms with E-state index >= 15 is 0 Å². The quantitative estimate of drug-likeness (QED) is 0.0313. The Morgan fingerprint density at radius 2 is 0.919 bits per heavy atom. The summed E-state index contributed by atoms with van der Waals surface area (Å²) < 4.78 is 22.6. The Morgan fingerprint density at radius 3 is 1.37 bits per heavy atom. The molecule has 0 aromatic rings. The van der Waals surface area contributed by atoms with Crippen LogP contribution in [0.5, 0.6) is 0 Å². The van der Waals surface area contributed by atoms with E-state index in [9.17, 15) is 45.6 Å². The molecule has 2 fully saturated rings. The van der Waals surface area contributed by atoms with Gasteiger partial charge in [-0.3, -0.25) is 4.79 Å². The summed E-state index contributed by atoms with van der Waals surface area (Å²) in [5.41, 5.74) is 0. The zero-order valence-electron chi connectivity index (χ0n) is 38.9. The number of amides is 1. The van der Waals surface area contributed by atoms with E-state index in [0.717, 1.165) is 51.4 Å². The van der Waals surface area contributed by atoms with Gasteiger partial charge in [-0.15, -0.1) is 0 Å². The monoisotopic (exact) mass is 892 g/mol. The van der Waals surface area contributed by atoms with Crippen molar-refractivity contribution in [1.29, 1.82) is 0 Å².